The number of hydrogen-bond donors (Lipinski definition) is 2. The van der Waals surface area contributed by atoms with Gasteiger partial charge in [-0.1, -0.05) is 6.07 Å². The smallest absolute Gasteiger partial charge is 0.335 e. The molecule has 0 spiro atoms. The van der Waals surface area contributed by atoms with Gasteiger partial charge >= 0.3 is 5.97 Å². The quantitative estimate of drug-likeness (QED) is 0.873. The molecule has 1 aromatic carbocycles. The van der Waals surface area contributed by atoms with E-state index < -0.39 is 11.9 Å². The lowest BCUT2D eigenvalue weighted by Gasteiger charge is -2.09. The third kappa shape index (κ3) is 3.82. The third-order valence-electron chi connectivity index (χ3n) is 2.72. The fourth-order valence-electron chi connectivity index (χ4n) is 1.63. The molecule has 0 bridgehead atoms. The summed E-state index contributed by atoms with van der Waals surface area (Å²) in [5, 5.41) is 15.1. The first-order valence-electron chi connectivity index (χ1n) is 6.15. The van der Waals surface area contributed by atoms with Crippen LogP contribution in [0.1, 0.15) is 21.7 Å². The lowest BCUT2D eigenvalue weighted by Crippen LogP contribution is -2.21. The van der Waals surface area contributed by atoms with E-state index in [0.717, 1.165) is 5.56 Å². The third-order valence-corrected chi connectivity index (χ3v) is 2.72. The number of carboxylic acid groups (broad SMARTS) is 1. The number of nitrogens with zero attached hydrogens (tertiary/aromatic N) is 1. The normalized spacial score (nSPS) is 10.2. The summed E-state index contributed by atoms with van der Waals surface area (Å²) in [5.41, 5.74) is 1.29. The van der Waals surface area contributed by atoms with Crippen molar-refractivity contribution >= 4 is 17.6 Å². The van der Waals surface area contributed by atoms with Crippen molar-refractivity contribution in [2.75, 3.05) is 11.9 Å². The first kappa shape index (κ1) is 14.6. The summed E-state index contributed by atoms with van der Waals surface area (Å²) < 4.78 is 9.95. The molecule has 7 heteroatoms. The van der Waals surface area contributed by atoms with E-state index in [1.165, 1.54) is 12.1 Å². The second-order valence-electron chi connectivity index (χ2n) is 4.45. The van der Waals surface area contributed by atoms with Gasteiger partial charge in [0.2, 0.25) is 0 Å². The van der Waals surface area contributed by atoms with Crippen LogP contribution in [0.4, 0.5) is 5.69 Å². The van der Waals surface area contributed by atoms with Gasteiger partial charge in [-0.15, -0.1) is 0 Å². The van der Waals surface area contributed by atoms with Gasteiger partial charge in [0.1, 0.15) is 5.76 Å². The largest absolute Gasteiger partial charge is 0.478 e. The van der Waals surface area contributed by atoms with Crippen LogP contribution in [-0.4, -0.2) is 28.7 Å². The van der Waals surface area contributed by atoms with Crippen molar-refractivity contribution < 1.29 is 24.0 Å². The van der Waals surface area contributed by atoms with E-state index in [1.807, 2.05) is 0 Å². The van der Waals surface area contributed by atoms with E-state index >= 15 is 0 Å². The maximum absolute atomic E-state index is 11.8. The van der Waals surface area contributed by atoms with Crippen LogP contribution in [-0.2, 0) is 4.79 Å². The number of rotatable bonds is 5. The molecule has 0 atom stereocenters. The van der Waals surface area contributed by atoms with Gasteiger partial charge in [0.05, 0.1) is 5.56 Å². The van der Waals surface area contributed by atoms with Crippen molar-refractivity contribution in [3.63, 3.8) is 0 Å². The minimum absolute atomic E-state index is 0.101. The average molecular weight is 290 g/mol. The van der Waals surface area contributed by atoms with E-state index in [2.05, 4.69) is 10.5 Å². The van der Waals surface area contributed by atoms with Crippen molar-refractivity contribution in [2.45, 2.75) is 13.8 Å². The molecule has 0 fully saturated rings. The zero-order valence-electron chi connectivity index (χ0n) is 11.5. The Kier molecular flexibility index (Phi) is 4.22. The summed E-state index contributed by atoms with van der Waals surface area (Å²) >= 11 is 0. The summed E-state index contributed by atoms with van der Waals surface area (Å²) in [4.78, 5) is 22.7. The first-order valence-corrected chi connectivity index (χ1v) is 6.15. The van der Waals surface area contributed by atoms with E-state index in [0.29, 0.717) is 11.4 Å². The summed E-state index contributed by atoms with van der Waals surface area (Å²) in [5.74, 6) is -0.671. The number of aromatic nitrogens is 1. The summed E-state index contributed by atoms with van der Waals surface area (Å²) in [6.07, 6.45) is 0. The summed E-state index contributed by atoms with van der Waals surface area (Å²) in [6.45, 7) is 3.23. The predicted octanol–water partition coefficient (Wildman–Crippen LogP) is 2.01. The van der Waals surface area contributed by atoms with Crippen molar-refractivity contribution in [2.24, 2.45) is 0 Å². The Labute approximate surface area is 120 Å². The second-order valence-corrected chi connectivity index (χ2v) is 4.45. The molecule has 1 aromatic heterocycles. The highest BCUT2D eigenvalue weighted by Gasteiger charge is 2.10. The predicted molar refractivity (Wildman–Crippen MR) is 73.5 cm³/mol. The summed E-state index contributed by atoms with van der Waals surface area (Å²) in [7, 11) is 0. The van der Waals surface area contributed by atoms with Gasteiger partial charge < -0.3 is 19.7 Å². The number of carbonyl (C=O) groups is 2. The van der Waals surface area contributed by atoms with Crippen molar-refractivity contribution in [1.29, 1.82) is 0 Å². The van der Waals surface area contributed by atoms with Gasteiger partial charge in [0, 0.05) is 11.8 Å². The molecule has 2 N–H and O–H groups in total. The SMILES string of the molecule is Cc1cc(OCC(=O)Nc2cc(C(=O)O)ccc2C)no1. The zero-order valence-corrected chi connectivity index (χ0v) is 11.5. The van der Waals surface area contributed by atoms with Gasteiger partial charge in [0.15, 0.2) is 6.61 Å². The number of aromatic carboxylic acids is 1. The maximum atomic E-state index is 11.8. The molecule has 2 aromatic rings. The Bertz CT molecular complexity index is 678. The van der Waals surface area contributed by atoms with Gasteiger partial charge in [0.25, 0.3) is 11.8 Å². The van der Waals surface area contributed by atoms with Crippen molar-refractivity contribution in [3.05, 3.63) is 41.2 Å². The molecule has 0 saturated heterocycles. The number of ether oxygens (including phenoxy) is 1. The Morgan fingerprint density at radius 3 is 2.71 bits per heavy atom. The molecule has 0 aliphatic carbocycles. The highest BCUT2D eigenvalue weighted by atomic mass is 16.5. The molecule has 0 saturated carbocycles. The van der Waals surface area contributed by atoms with Gasteiger partial charge in [-0.25, -0.2) is 4.79 Å². The van der Waals surface area contributed by atoms with Gasteiger partial charge in [-0.3, -0.25) is 4.79 Å². The molecule has 0 radical (unpaired) electrons. The minimum atomic E-state index is -1.06. The van der Waals surface area contributed by atoms with Crippen LogP contribution in [0.5, 0.6) is 5.88 Å². The van der Waals surface area contributed by atoms with E-state index in [1.54, 1.807) is 26.0 Å². The Balaban J connectivity index is 1.99. The molecular weight excluding hydrogens is 276 g/mol. The number of carboxylic acids is 1. The number of amides is 1. The summed E-state index contributed by atoms with van der Waals surface area (Å²) in [6, 6.07) is 6.06. The molecule has 2 rings (SSSR count). The monoisotopic (exact) mass is 290 g/mol. The number of aryl methyl sites for hydroxylation is 2. The Hall–Kier alpha value is -2.83. The molecule has 7 nitrogen and oxygen atoms in total. The van der Waals surface area contributed by atoms with Crippen molar-refractivity contribution in [3.8, 4) is 5.88 Å². The van der Waals surface area contributed by atoms with Crippen LogP contribution >= 0.6 is 0 Å². The second kappa shape index (κ2) is 6.08. The number of hydrogen-bond acceptors (Lipinski definition) is 5. The highest BCUT2D eigenvalue weighted by molar-refractivity contribution is 5.95. The van der Waals surface area contributed by atoms with Crippen LogP contribution in [0.15, 0.2) is 28.8 Å². The molecule has 21 heavy (non-hydrogen) atoms. The maximum Gasteiger partial charge on any atom is 0.335 e. The standard InChI is InChI=1S/C14H14N2O5/c1-8-3-4-10(14(18)19)6-11(8)15-12(17)7-20-13-5-9(2)21-16-13/h3-6H,7H2,1-2H3,(H,15,17)(H,18,19). The molecule has 1 heterocycles. The van der Waals surface area contributed by atoms with E-state index in [9.17, 15) is 9.59 Å². The molecular formula is C14H14N2O5. The molecule has 0 unspecified atom stereocenters. The number of carbonyl (C=O) groups excluding carboxylic acids is 1. The van der Waals surface area contributed by atoms with E-state index in [-0.39, 0.29) is 18.1 Å². The van der Waals surface area contributed by atoms with Crippen LogP contribution < -0.4 is 10.1 Å². The Morgan fingerprint density at radius 2 is 2.10 bits per heavy atom. The van der Waals surface area contributed by atoms with Crippen LogP contribution in [0.25, 0.3) is 0 Å². The lowest BCUT2D eigenvalue weighted by molar-refractivity contribution is -0.118. The minimum Gasteiger partial charge on any atom is -0.478 e. The molecule has 0 aliphatic heterocycles. The van der Waals surface area contributed by atoms with Gasteiger partial charge in [-0.05, 0) is 36.7 Å². The number of nitrogens with one attached hydrogen (secondary N) is 1. The number of benzene rings is 1. The molecule has 0 aliphatic rings. The van der Waals surface area contributed by atoms with Gasteiger partial charge in [-0.2, -0.15) is 0 Å². The number of anilines is 1. The topological polar surface area (TPSA) is 102 Å². The van der Waals surface area contributed by atoms with Crippen LogP contribution in [0, 0.1) is 13.8 Å². The Morgan fingerprint density at radius 1 is 1.33 bits per heavy atom. The highest BCUT2D eigenvalue weighted by Crippen LogP contribution is 2.17. The lowest BCUT2D eigenvalue weighted by atomic mass is 10.1. The van der Waals surface area contributed by atoms with Crippen LogP contribution in [0.3, 0.4) is 0 Å². The fraction of sp³-hybridized carbons (Fsp3) is 0.214. The van der Waals surface area contributed by atoms with Crippen LogP contribution in [0.2, 0.25) is 0 Å². The first-order chi connectivity index (χ1) is 9.95. The zero-order chi connectivity index (χ0) is 15.4. The average Bonchev–Trinajstić information content (AvgIpc) is 2.84. The fourth-order valence-corrected chi connectivity index (χ4v) is 1.63. The van der Waals surface area contributed by atoms with E-state index in [4.69, 9.17) is 14.4 Å². The molecule has 1 amide bonds. The molecule has 110 valence electrons. The van der Waals surface area contributed by atoms with Crippen molar-refractivity contribution in [1.82, 2.24) is 5.16 Å².